The Morgan fingerprint density at radius 1 is 0.788 bits per heavy atom. The van der Waals surface area contributed by atoms with Crippen LogP contribution < -0.4 is 5.73 Å². The first-order chi connectivity index (χ1) is 14.8. The second kappa shape index (κ2) is 12.9. The molecule has 0 spiro atoms. The van der Waals surface area contributed by atoms with Crippen LogP contribution in [0, 0.1) is 0 Å². The highest BCUT2D eigenvalue weighted by molar-refractivity contribution is 5.79. The van der Waals surface area contributed by atoms with Crippen LogP contribution in [-0.4, -0.2) is 40.4 Å². The molecule has 188 valence electrons. The molecule has 0 saturated heterocycles. The van der Waals surface area contributed by atoms with Gasteiger partial charge in [0.2, 0.25) is 0 Å². The van der Waals surface area contributed by atoms with Crippen LogP contribution in [0.5, 0.6) is 0 Å². The molecule has 6 nitrogen and oxygen atoms in total. The molecule has 1 aromatic carbocycles. The van der Waals surface area contributed by atoms with E-state index in [1.165, 1.54) is 0 Å². The zero-order chi connectivity index (χ0) is 25.9. The lowest BCUT2D eigenvalue weighted by Gasteiger charge is -2.22. The molecule has 1 aromatic rings. The SMILES string of the molecule is CC(C)(CCC(=O)OC(C)(C)C)N=Cc1ccccc1.CC(C)(N)CCC(=O)OC(C)(C)C. The monoisotopic (exact) mass is 462 g/mol. The van der Waals surface area contributed by atoms with Crippen LogP contribution in [0.1, 0.15) is 100 Å². The minimum absolute atomic E-state index is 0.166. The van der Waals surface area contributed by atoms with Crippen molar-refractivity contribution in [3.63, 3.8) is 0 Å². The van der Waals surface area contributed by atoms with E-state index < -0.39 is 11.2 Å². The molecule has 0 fully saturated rings. The number of ether oxygens (including phenoxy) is 2. The average molecular weight is 463 g/mol. The molecule has 0 radical (unpaired) electrons. The molecule has 0 aliphatic rings. The van der Waals surface area contributed by atoms with Crippen LogP contribution in [0.15, 0.2) is 35.3 Å². The van der Waals surface area contributed by atoms with Crippen LogP contribution in [0.2, 0.25) is 0 Å². The standard InChI is InChI=1S/C17H25NO2.C10H21NO2/c1-16(2,3)20-15(19)11-12-17(4,5)18-13-14-9-7-6-8-10-14;1-9(2,3)13-8(12)6-7-10(4,5)11/h6-10,13H,11-12H2,1-5H3;6-7,11H2,1-5H3. The fourth-order valence-corrected chi connectivity index (χ4v) is 2.47. The van der Waals surface area contributed by atoms with Gasteiger partial charge in [-0.1, -0.05) is 30.3 Å². The van der Waals surface area contributed by atoms with Crippen molar-refractivity contribution in [1.29, 1.82) is 0 Å². The first-order valence-corrected chi connectivity index (χ1v) is 11.6. The molecule has 0 amide bonds. The minimum Gasteiger partial charge on any atom is -0.460 e. The van der Waals surface area contributed by atoms with E-state index in [1.54, 1.807) is 0 Å². The third-order valence-corrected chi connectivity index (χ3v) is 4.12. The van der Waals surface area contributed by atoms with Gasteiger partial charge in [0.05, 0.1) is 5.54 Å². The molecule has 0 atom stereocenters. The number of carbonyl (C=O) groups excluding carboxylic acids is 2. The molecule has 0 unspecified atom stereocenters. The first kappa shape index (κ1) is 30.8. The number of carbonyl (C=O) groups is 2. The lowest BCUT2D eigenvalue weighted by Crippen LogP contribution is -2.33. The maximum atomic E-state index is 11.7. The van der Waals surface area contributed by atoms with Crippen molar-refractivity contribution < 1.29 is 19.1 Å². The van der Waals surface area contributed by atoms with Crippen LogP contribution in [0.25, 0.3) is 0 Å². The smallest absolute Gasteiger partial charge is 0.306 e. The number of benzene rings is 1. The zero-order valence-corrected chi connectivity index (χ0v) is 22.5. The average Bonchev–Trinajstić information content (AvgIpc) is 2.62. The van der Waals surface area contributed by atoms with E-state index in [1.807, 2.05) is 106 Å². The summed E-state index contributed by atoms with van der Waals surface area (Å²) in [4.78, 5) is 27.5. The molecule has 33 heavy (non-hydrogen) atoms. The summed E-state index contributed by atoms with van der Waals surface area (Å²) in [6.45, 7) is 19.1. The Hall–Kier alpha value is -2.21. The summed E-state index contributed by atoms with van der Waals surface area (Å²) in [5.41, 5.74) is 5.43. The van der Waals surface area contributed by atoms with Crippen molar-refractivity contribution in [2.24, 2.45) is 10.7 Å². The topological polar surface area (TPSA) is 91.0 Å². The van der Waals surface area contributed by atoms with E-state index in [-0.39, 0.29) is 23.0 Å². The second-order valence-electron chi connectivity index (χ2n) is 11.6. The summed E-state index contributed by atoms with van der Waals surface area (Å²) in [6, 6.07) is 9.95. The van der Waals surface area contributed by atoms with Gasteiger partial charge in [0.15, 0.2) is 0 Å². The predicted molar refractivity (Wildman–Crippen MR) is 137 cm³/mol. The summed E-state index contributed by atoms with van der Waals surface area (Å²) in [6.07, 6.45) is 3.96. The third kappa shape index (κ3) is 20.1. The molecular formula is C27H46N2O4. The number of nitrogens with two attached hydrogens (primary N) is 1. The minimum atomic E-state index is -0.422. The largest absolute Gasteiger partial charge is 0.460 e. The van der Waals surface area contributed by atoms with Gasteiger partial charge < -0.3 is 15.2 Å². The fraction of sp³-hybridized carbons (Fsp3) is 0.667. The normalized spacial score (nSPS) is 12.7. The quantitative estimate of drug-likeness (QED) is 0.386. The van der Waals surface area contributed by atoms with E-state index in [9.17, 15) is 9.59 Å². The van der Waals surface area contributed by atoms with E-state index >= 15 is 0 Å². The van der Waals surface area contributed by atoms with E-state index in [0.29, 0.717) is 25.7 Å². The van der Waals surface area contributed by atoms with Crippen LogP contribution in [0.3, 0.4) is 0 Å². The maximum absolute atomic E-state index is 11.7. The number of hydrogen-bond acceptors (Lipinski definition) is 6. The van der Waals surface area contributed by atoms with E-state index in [2.05, 4.69) is 4.99 Å². The highest BCUT2D eigenvalue weighted by Gasteiger charge is 2.21. The number of nitrogens with zero attached hydrogens (tertiary/aromatic N) is 1. The molecule has 2 N–H and O–H groups in total. The molecular weight excluding hydrogens is 416 g/mol. The summed E-state index contributed by atoms with van der Waals surface area (Å²) in [7, 11) is 0. The Balaban J connectivity index is 0.000000684. The van der Waals surface area contributed by atoms with Gasteiger partial charge in [-0.15, -0.1) is 0 Å². The first-order valence-electron chi connectivity index (χ1n) is 11.6. The summed E-state index contributed by atoms with van der Waals surface area (Å²) in [5.74, 6) is -0.341. The van der Waals surface area contributed by atoms with Crippen LogP contribution >= 0.6 is 0 Å². The highest BCUT2D eigenvalue weighted by Crippen LogP contribution is 2.19. The van der Waals surface area contributed by atoms with Gasteiger partial charge in [-0.05, 0) is 87.6 Å². The Bertz CT molecular complexity index is 749. The van der Waals surface area contributed by atoms with Gasteiger partial charge >= 0.3 is 11.9 Å². The maximum Gasteiger partial charge on any atom is 0.306 e. The molecule has 0 bridgehead atoms. The van der Waals surface area contributed by atoms with Crippen LogP contribution in [-0.2, 0) is 19.1 Å². The molecule has 1 rings (SSSR count). The van der Waals surface area contributed by atoms with Gasteiger partial charge in [0.25, 0.3) is 0 Å². The van der Waals surface area contributed by atoms with Crippen molar-refractivity contribution in [2.45, 2.75) is 117 Å². The highest BCUT2D eigenvalue weighted by atomic mass is 16.6. The number of hydrogen-bond donors (Lipinski definition) is 1. The molecule has 6 heteroatoms. The van der Waals surface area contributed by atoms with Gasteiger partial charge in [0.1, 0.15) is 11.2 Å². The lowest BCUT2D eigenvalue weighted by atomic mass is 9.99. The molecule has 0 aliphatic heterocycles. The Morgan fingerprint density at radius 3 is 1.61 bits per heavy atom. The number of aliphatic imine (C=N–C) groups is 1. The molecule has 0 aromatic heterocycles. The van der Waals surface area contributed by atoms with E-state index in [4.69, 9.17) is 15.2 Å². The molecule has 0 saturated carbocycles. The lowest BCUT2D eigenvalue weighted by molar-refractivity contribution is -0.156. The van der Waals surface area contributed by atoms with Gasteiger partial charge in [-0.3, -0.25) is 14.6 Å². The van der Waals surface area contributed by atoms with Crippen molar-refractivity contribution in [1.82, 2.24) is 0 Å². The fourth-order valence-electron chi connectivity index (χ4n) is 2.47. The molecule has 0 heterocycles. The van der Waals surface area contributed by atoms with E-state index in [0.717, 1.165) is 5.56 Å². The van der Waals surface area contributed by atoms with Gasteiger partial charge in [-0.2, -0.15) is 0 Å². The Morgan fingerprint density at radius 2 is 1.21 bits per heavy atom. The summed E-state index contributed by atoms with van der Waals surface area (Å²) < 4.78 is 10.4. The van der Waals surface area contributed by atoms with Crippen molar-refractivity contribution in [3.05, 3.63) is 35.9 Å². The zero-order valence-electron chi connectivity index (χ0n) is 22.5. The Kier molecular flexibility index (Phi) is 12.0. The van der Waals surface area contributed by atoms with Gasteiger partial charge in [0, 0.05) is 24.6 Å². The Labute approximate surface area is 201 Å². The molecule has 0 aliphatic carbocycles. The van der Waals surface area contributed by atoms with Crippen molar-refractivity contribution >= 4 is 18.2 Å². The predicted octanol–water partition coefficient (Wildman–Crippen LogP) is 5.85. The second-order valence-corrected chi connectivity index (χ2v) is 11.6. The van der Waals surface area contributed by atoms with Crippen LogP contribution in [0.4, 0.5) is 0 Å². The number of rotatable bonds is 8. The summed E-state index contributed by atoms with van der Waals surface area (Å²) >= 11 is 0. The third-order valence-electron chi connectivity index (χ3n) is 4.12. The van der Waals surface area contributed by atoms with Gasteiger partial charge in [-0.25, -0.2) is 0 Å². The summed E-state index contributed by atoms with van der Waals surface area (Å²) in [5, 5.41) is 0. The van der Waals surface area contributed by atoms with Crippen molar-refractivity contribution in [2.75, 3.05) is 0 Å². The van der Waals surface area contributed by atoms with Crippen molar-refractivity contribution in [3.8, 4) is 0 Å². The number of esters is 2.